The minimum Gasteiger partial charge on any atom is -0.480 e. The Morgan fingerprint density at radius 3 is 2.55 bits per heavy atom. The van der Waals surface area contributed by atoms with Gasteiger partial charge in [-0.3, -0.25) is 10.1 Å². The SMILES string of the molecule is CN(C)CCNC(C(=O)O)c1cccc(C(F)(F)F)c1. The van der Waals surface area contributed by atoms with Gasteiger partial charge < -0.3 is 10.0 Å². The third-order valence-electron chi connectivity index (χ3n) is 2.70. The van der Waals surface area contributed by atoms with Gasteiger partial charge in [-0.25, -0.2) is 0 Å². The van der Waals surface area contributed by atoms with Crippen molar-refractivity contribution in [1.82, 2.24) is 10.2 Å². The number of hydrogen-bond donors (Lipinski definition) is 2. The molecule has 0 radical (unpaired) electrons. The summed E-state index contributed by atoms with van der Waals surface area (Å²) in [4.78, 5) is 13.0. The van der Waals surface area contributed by atoms with Crippen molar-refractivity contribution in [2.24, 2.45) is 0 Å². The highest BCUT2D eigenvalue weighted by Crippen LogP contribution is 2.30. The molecule has 112 valence electrons. The monoisotopic (exact) mass is 290 g/mol. The molecule has 7 heteroatoms. The molecule has 0 aromatic heterocycles. The fourth-order valence-electron chi connectivity index (χ4n) is 1.67. The van der Waals surface area contributed by atoms with Gasteiger partial charge >= 0.3 is 12.1 Å². The first-order valence-corrected chi connectivity index (χ1v) is 6.00. The molecule has 0 fully saturated rings. The van der Waals surface area contributed by atoms with Crippen molar-refractivity contribution in [3.8, 4) is 0 Å². The fourth-order valence-corrected chi connectivity index (χ4v) is 1.67. The zero-order valence-corrected chi connectivity index (χ0v) is 11.2. The summed E-state index contributed by atoms with van der Waals surface area (Å²) in [6, 6.07) is 3.21. The normalized spacial score (nSPS) is 13.5. The van der Waals surface area contributed by atoms with Crippen molar-refractivity contribution in [3.63, 3.8) is 0 Å². The number of nitrogens with one attached hydrogen (secondary N) is 1. The van der Waals surface area contributed by atoms with Crippen molar-refractivity contribution in [2.75, 3.05) is 27.2 Å². The van der Waals surface area contributed by atoms with Crippen LogP contribution in [0.4, 0.5) is 13.2 Å². The molecule has 0 heterocycles. The minimum atomic E-state index is -4.48. The van der Waals surface area contributed by atoms with Crippen LogP contribution in [0.2, 0.25) is 0 Å². The molecule has 0 bridgehead atoms. The second kappa shape index (κ2) is 6.71. The van der Waals surface area contributed by atoms with E-state index in [9.17, 15) is 18.0 Å². The molecule has 0 aliphatic heterocycles. The van der Waals surface area contributed by atoms with Crippen LogP contribution in [0.25, 0.3) is 0 Å². The summed E-state index contributed by atoms with van der Waals surface area (Å²) in [5.41, 5.74) is -0.762. The summed E-state index contributed by atoms with van der Waals surface area (Å²) in [7, 11) is 3.64. The first kappa shape index (κ1) is 16.5. The summed E-state index contributed by atoms with van der Waals surface area (Å²) in [5, 5.41) is 11.9. The molecule has 1 aromatic carbocycles. The third kappa shape index (κ3) is 4.82. The summed E-state index contributed by atoms with van der Waals surface area (Å²) in [6.07, 6.45) is -4.48. The predicted molar refractivity (Wildman–Crippen MR) is 68.4 cm³/mol. The Morgan fingerprint density at radius 2 is 2.05 bits per heavy atom. The molecule has 0 aliphatic rings. The molecular weight excluding hydrogens is 273 g/mol. The second-order valence-electron chi connectivity index (χ2n) is 4.65. The lowest BCUT2D eigenvalue weighted by Crippen LogP contribution is -2.34. The van der Waals surface area contributed by atoms with E-state index in [4.69, 9.17) is 5.11 Å². The highest BCUT2D eigenvalue weighted by atomic mass is 19.4. The Balaban J connectivity index is 2.89. The lowest BCUT2D eigenvalue weighted by molar-refractivity contribution is -0.140. The molecule has 1 unspecified atom stereocenters. The Bertz CT molecular complexity index is 461. The summed E-state index contributed by atoms with van der Waals surface area (Å²) >= 11 is 0. The van der Waals surface area contributed by atoms with Crippen LogP contribution in [0.3, 0.4) is 0 Å². The number of halogens is 3. The van der Waals surface area contributed by atoms with Crippen LogP contribution < -0.4 is 5.32 Å². The Labute approximate surface area is 115 Å². The van der Waals surface area contributed by atoms with Gasteiger partial charge in [0.25, 0.3) is 0 Å². The van der Waals surface area contributed by atoms with Gasteiger partial charge in [-0.15, -0.1) is 0 Å². The van der Waals surface area contributed by atoms with Crippen LogP contribution in [0.1, 0.15) is 17.2 Å². The number of rotatable bonds is 6. The van der Waals surface area contributed by atoms with Crippen LogP contribution in [0.15, 0.2) is 24.3 Å². The second-order valence-corrected chi connectivity index (χ2v) is 4.65. The number of carboxylic acid groups (broad SMARTS) is 1. The number of nitrogens with zero attached hydrogens (tertiary/aromatic N) is 1. The zero-order valence-electron chi connectivity index (χ0n) is 11.2. The quantitative estimate of drug-likeness (QED) is 0.841. The molecule has 20 heavy (non-hydrogen) atoms. The Morgan fingerprint density at radius 1 is 1.40 bits per heavy atom. The molecule has 4 nitrogen and oxygen atoms in total. The fraction of sp³-hybridized carbons (Fsp3) is 0.462. The van der Waals surface area contributed by atoms with Crippen molar-refractivity contribution in [1.29, 1.82) is 0 Å². The average Bonchev–Trinajstić information content (AvgIpc) is 2.33. The smallest absolute Gasteiger partial charge is 0.416 e. The maximum Gasteiger partial charge on any atom is 0.416 e. The molecule has 1 aromatic rings. The number of carbonyl (C=O) groups is 1. The van der Waals surface area contributed by atoms with E-state index < -0.39 is 23.8 Å². The molecular formula is C13H17F3N2O2. The molecule has 1 atom stereocenters. The molecule has 1 rings (SSSR count). The predicted octanol–water partition coefficient (Wildman–Crippen LogP) is 1.98. The van der Waals surface area contributed by atoms with E-state index in [0.717, 1.165) is 12.1 Å². The number of benzene rings is 1. The average molecular weight is 290 g/mol. The number of likely N-dealkylation sites (N-methyl/N-ethyl adjacent to an activating group) is 1. The summed E-state index contributed by atoms with van der Waals surface area (Å²) < 4.78 is 37.8. The van der Waals surface area contributed by atoms with Gasteiger partial charge in [-0.05, 0) is 31.8 Å². The lowest BCUT2D eigenvalue weighted by atomic mass is 10.0. The summed E-state index contributed by atoms with van der Waals surface area (Å²) in [5.74, 6) is -1.21. The number of carboxylic acids is 1. The number of aliphatic carboxylic acids is 1. The van der Waals surface area contributed by atoms with Crippen LogP contribution in [0.5, 0.6) is 0 Å². The molecule has 0 spiro atoms. The van der Waals surface area contributed by atoms with Crippen molar-refractivity contribution in [3.05, 3.63) is 35.4 Å². The Kier molecular flexibility index (Phi) is 5.52. The molecule has 0 saturated heterocycles. The number of alkyl halides is 3. The van der Waals surface area contributed by atoms with Crippen LogP contribution in [0, 0.1) is 0 Å². The van der Waals surface area contributed by atoms with Crippen molar-refractivity contribution >= 4 is 5.97 Å². The molecule has 0 amide bonds. The van der Waals surface area contributed by atoms with Gasteiger partial charge in [-0.2, -0.15) is 13.2 Å². The van der Waals surface area contributed by atoms with E-state index in [0.29, 0.717) is 13.1 Å². The van der Waals surface area contributed by atoms with E-state index in [2.05, 4.69) is 5.32 Å². The topological polar surface area (TPSA) is 52.6 Å². The molecule has 0 aliphatic carbocycles. The van der Waals surface area contributed by atoms with Gasteiger partial charge in [0, 0.05) is 13.1 Å². The maximum atomic E-state index is 12.6. The van der Waals surface area contributed by atoms with E-state index >= 15 is 0 Å². The molecule has 0 saturated carbocycles. The van der Waals surface area contributed by atoms with E-state index in [-0.39, 0.29) is 5.56 Å². The van der Waals surface area contributed by atoms with Crippen molar-refractivity contribution < 1.29 is 23.1 Å². The first-order valence-electron chi connectivity index (χ1n) is 6.00. The lowest BCUT2D eigenvalue weighted by Gasteiger charge is -2.18. The van der Waals surface area contributed by atoms with Crippen molar-refractivity contribution in [2.45, 2.75) is 12.2 Å². The third-order valence-corrected chi connectivity index (χ3v) is 2.70. The van der Waals surface area contributed by atoms with E-state index in [1.54, 1.807) is 0 Å². The number of hydrogen-bond acceptors (Lipinski definition) is 3. The Hall–Kier alpha value is -1.60. The van der Waals surface area contributed by atoms with Gasteiger partial charge in [0.05, 0.1) is 5.56 Å². The molecule has 2 N–H and O–H groups in total. The van der Waals surface area contributed by atoms with Gasteiger partial charge in [0.1, 0.15) is 6.04 Å². The van der Waals surface area contributed by atoms with Gasteiger partial charge in [0.15, 0.2) is 0 Å². The van der Waals surface area contributed by atoms with E-state index in [1.165, 1.54) is 12.1 Å². The zero-order chi connectivity index (χ0) is 15.3. The van der Waals surface area contributed by atoms with Crippen LogP contribution in [-0.4, -0.2) is 43.2 Å². The highest BCUT2D eigenvalue weighted by molar-refractivity contribution is 5.75. The largest absolute Gasteiger partial charge is 0.480 e. The first-order chi connectivity index (χ1) is 9.21. The van der Waals surface area contributed by atoms with Gasteiger partial charge in [0.2, 0.25) is 0 Å². The van der Waals surface area contributed by atoms with Gasteiger partial charge in [-0.1, -0.05) is 12.1 Å². The van der Waals surface area contributed by atoms with E-state index in [1.807, 2.05) is 19.0 Å². The standard InChI is InChI=1S/C13H17F3N2O2/c1-18(2)7-6-17-11(12(19)20)9-4-3-5-10(8-9)13(14,15)16/h3-5,8,11,17H,6-7H2,1-2H3,(H,19,20). The summed E-state index contributed by atoms with van der Waals surface area (Å²) in [6.45, 7) is 0.947. The van der Waals surface area contributed by atoms with Crippen LogP contribution >= 0.6 is 0 Å². The van der Waals surface area contributed by atoms with Crippen LogP contribution in [-0.2, 0) is 11.0 Å². The minimum absolute atomic E-state index is 0.0890. The highest BCUT2D eigenvalue weighted by Gasteiger charge is 2.31. The maximum absolute atomic E-state index is 12.6.